The Kier molecular flexibility index (Phi) is 8.86. The van der Waals surface area contributed by atoms with Gasteiger partial charge in [0.1, 0.15) is 17.0 Å². The summed E-state index contributed by atoms with van der Waals surface area (Å²) >= 11 is 12.6. The summed E-state index contributed by atoms with van der Waals surface area (Å²) in [4.78, 5) is 50.2. The Balaban J connectivity index is 2.26. The lowest BCUT2D eigenvalue weighted by molar-refractivity contribution is -0.122. The number of carbonyl (C=O) groups excluding carboxylic acids is 3. The first-order valence-corrected chi connectivity index (χ1v) is 10.4. The highest BCUT2D eigenvalue weighted by Gasteiger charge is 2.17. The molecule has 0 unspecified atom stereocenters. The molecule has 2 rings (SSSR count). The van der Waals surface area contributed by atoms with E-state index in [1.165, 1.54) is 31.4 Å². The number of ether oxygens (including phenoxy) is 1. The van der Waals surface area contributed by atoms with Crippen LogP contribution in [0.25, 0.3) is 0 Å². The SMILES string of the molecule is CC/C=C(/NC(=O)CC)C(=O)Nc1cc(Cl)c(Oc2c[nH]c(=O)c(C(=O)NC)c2)c(Cl)c1. The van der Waals surface area contributed by atoms with Crippen LogP contribution in [-0.4, -0.2) is 29.8 Å². The molecule has 0 atom stereocenters. The molecule has 3 amide bonds. The topological polar surface area (TPSA) is 129 Å². The van der Waals surface area contributed by atoms with E-state index in [0.717, 1.165) is 0 Å². The minimum atomic E-state index is -0.585. The number of aromatic nitrogens is 1. The third kappa shape index (κ3) is 6.35. The van der Waals surface area contributed by atoms with Crippen molar-refractivity contribution in [2.24, 2.45) is 0 Å². The van der Waals surface area contributed by atoms with E-state index in [9.17, 15) is 19.2 Å². The van der Waals surface area contributed by atoms with Crippen molar-refractivity contribution in [1.82, 2.24) is 15.6 Å². The van der Waals surface area contributed by atoms with Crippen LogP contribution in [-0.2, 0) is 9.59 Å². The zero-order valence-electron chi connectivity index (χ0n) is 17.6. The highest BCUT2D eigenvalue weighted by Crippen LogP contribution is 2.38. The van der Waals surface area contributed by atoms with Crippen molar-refractivity contribution in [3.63, 3.8) is 0 Å². The van der Waals surface area contributed by atoms with E-state index in [1.807, 2.05) is 6.92 Å². The first kappa shape index (κ1) is 25.0. The maximum absolute atomic E-state index is 12.5. The molecule has 0 aliphatic carbocycles. The quantitative estimate of drug-likeness (QED) is 0.429. The van der Waals surface area contributed by atoms with Gasteiger partial charge in [-0.2, -0.15) is 0 Å². The van der Waals surface area contributed by atoms with Crippen LogP contribution in [0, 0.1) is 0 Å². The normalized spacial score (nSPS) is 11.0. The monoisotopic (exact) mass is 480 g/mol. The molecule has 1 heterocycles. The largest absolute Gasteiger partial charge is 0.453 e. The summed E-state index contributed by atoms with van der Waals surface area (Å²) in [5.74, 6) is -1.23. The Bertz CT molecular complexity index is 1100. The Hall–Kier alpha value is -3.30. The van der Waals surface area contributed by atoms with Crippen LogP contribution in [0.2, 0.25) is 10.0 Å². The summed E-state index contributed by atoms with van der Waals surface area (Å²) in [6, 6.07) is 4.08. The molecular weight excluding hydrogens is 459 g/mol. The number of H-pyrrole nitrogens is 1. The van der Waals surface area contributed by atoms with Crippen molar-refractivity contribution in [3.8, 4) is 11.5 Å². The van der Waals surface area contributed by atoms with Gasteiger partial charge in [-0.05, 0) is 18.6 Å². The van der Waals surface area contributed by atoms with E-state index in [2.05, 4.69) is 20.9 Å². The number of anilines is 1. The Morgan fingerprint density at radius 1 is 1.12 bits per heavy atom. The molecule has 0 bridgehead atoms. The second-order valence-electron chi connectivity index (χ2n) is 6.41. The number of nitrogens with one attached hydrogen (secondary N) is 4. The number of allylic oxidation sites excluding steroid dienone is 1. The summed E-state index contributed by atoms with van der Waals surface area (Å²) in [5, 5.41) is 7.66. The van der Waals surface area contributed by atoms with E-state index >= 15 is 0 Å². The fourth-order valence-electron chi connectivity index (χ4n) is 2.52. The van der Waals surface area contributed by atoms with E-state index < -0.39 is 17.4 Å². The molecule has 0 aliphatic rings. The third-order valence-electron chi connectivity index (χ3n) is 4.07. The lowest BCUT2D eigenvalue weighted by Crippen LogP contribution is -2.30. The zero-order valence-corrected chi connectivity index (χ0v) is 19.1. The summed E-state index contributed by atoms with van der Waals surface area (Å²) in [6.45, 7) is 3.51. The molecule has 11 heteroatoms. The number of amides is 3. The number of halogens is 2. The van der Waals surface area contributed by atoms with Gasteiger partial charge in [0, 0.05) is 31.4 Å². The average molecular weight is 481 g/mol. The van der Waals surface area contributed by atoms with E-state index in [4.69, 9.17) is 27.9 Å². The highest BCUT2D eigenvalue weighted by atomic mass is 35.5. The van der Waals surface area contributed by atoms with Crippen LogP contribution in [0.5, 0.6) is 11.5 Å². The maximum atomic E-state index is 12.5. The van der Waals surface area contributed by atoms with E-state index in [1.54, 1.807) is 13.0 Å². The minimum absolute atomic E-state index is 0.0600. The summed E-state index contributed by atoms with van der Waals surface area (Å²) in [5.41, 5.74) is -0.344. The number of aromatic amines is 1. The summed E-state index contributed by atoms with van der Waals surface area (Å²) in [7, 11) is 1.39. The van der Waals surface area contributed by atoms with Crippen molar-refractivity contribution in [1.29, 1.82) is 0 Å². The van der Waals surface area contributed by atoms with Crippen LogP contribution >= 0.6 is 23.2 Å². The number of carbonyl (C=O) groups is 3. The number of pyridine rings is 1. The smallest absolute Gasteiger partial charge is 0.271 e. The van der Waals surface area contributed by atoms with Gasteiger partial charge in [0.15, 0.2) is 5.75 Å². The van der Waals surface area contributed by atoms with Crippen molar-refractivity contribution in [2.75, 3.05) is 12.4 Å². The van der Waals surface area contributed by atoms with Gasteiger partial charge in [0.2, 0.25) is 5.91 Å². The van der Waals surface area contributed by atoms with Gasteiger partial charge in [-0.25, -0.2) is 0 Å². The fraction of sp³-hybridized carbons (Fsp3) is 0.238. The molecule has 170 valence electrons. The number of hydrogen-bond donors (Lipinski definition) is 4. The molecule has 0 radical (unpaired) electrons. The van der Waals surface area contributed by atoms with Gasteiger partial charge in [-0.3, -0.25) is 19.2 Å². The Labute approximate surface area is 194 Å². The maximum Gasteiger partial charge on any atom is 0.271 e. The fourth-order valence-corrected chi connectivity index (χ4v) is 3.08. The average Bonchev–Trinajstić information content (AvgIpc) is 2.76. The lowest BCUT2D eigenvalue weighted by Gasteiger charge is -2.14. The molecule has 1 aromatic heterocycles. The molecule has 2 aromatic rings. The predicted molar refractivity (Wildman–Crippen MR) is 122 cm³/mol. The number of hydrogen-bond acceptors (Lipinski definition) is 5. The number of rotatable bonds is 8. The Morgan fingerprint density at radius 2 is 1.78 bits per heavy atom. The second kappa shape index (κ2) is 11.4. The van der Waals surface area contributed by atoms with Crippen LogP contribution < -0.4 is 26.2 Å². The van der Waals surface area contributed by atoms with E-state index in [0.29, 0.717) is 6.42 Å². The van der Waals surface area contributed by atoms with E-state index in [-0.39, 0.29) is 50.8 Å². The van der Waals surface area contributed by atoms with Crippen LogP contribution in [0.15, 0.2) is 41.0 Å². The standard InChI is InChI=1S/C21H22Cl2N4O5/c1-4-6-16(27-17(28)5-2)21(31)26-11-7-14(22)18(15(23)8-11)32-12-9-13(19(29)24-3)20(30)25-10-12/h6-10H,4-5H2,1-3H3,(H,24,29)(H,25,30)(H,26,31)(H,27,28)/b16-6+. The van der Waals surface area contributed by atoms with Gasteiger partial charge < -0.3 is 25.7 Å². The zero-order chi connectivity index (χ0) is 23.8. The molecule has 1 aromatic carbocycles. The van der Waals surface area contributed by atoms with Gasteiger partial charge in [0.25, 0.3) is 17.4 Å². The summed E-state index contributed by atoms with van der Waals surface area (Å²) < 4.78 is 5.65. The van der Waals surface area contributed by atoms with Gasteiger partial charge in [-0.1, -0.05) is 43.1 Å². The molecule has 32 heavy (non-hydrogen) atoms. The lowest BCUT2D eigenvalue weighted by atomic mass is 10.2. The van der Waals surface area contributed by atoms with Crippen LogP contribution in [0.1, 0.15) is 37.0 Å². The third-order valence-corrected chi connectivity index (χ3v) is 4.63. The number of benzene rings is 1. The Morgan fingerprint density at radius 3 is 2.34 bits per heavy atom. The molecule has 0 saturated heterocycles. The molecule has 0 aliphatic heterocycles. The first-order chi connectivity index (χ1) is 15.2. The second-order valence-corrected chi connectivity index (χ2v) is 7.22. The molecule has 9 nitrogen and oxygen atoms in total. The van der Waals surface area contributed by atoms with Crippen LogP contribution in [0.4, 0.5) is 5.69 Å². The van der Waals surface area contributed by atoms with Gasteiger partial charge >= 0.3 is 0 Å². The molecule has 4 N–H and O–H groups in total. The molecular formula is C21H22Cl2N4O5. The molecule has 0 fully saturated rings. The van der Waals surface area contributed by atoms with Gasteiger partial charge in [-0.15, -0.1) is 0 Å². The van der Waals surface area contributed by atoms with Crippen molar-refractivity contribution >= 4 is 46.6 Å². The van der Waals surface area contributed by atoms with Crippen molar-refractivity contribution < 1.29 is 19.1 Å². The highest BCUT2D eigenvalue weighted by molar-refractivity contribution is 6.37. The van der Waals surface area contributed by atoms with Gasteiger partial charge in [0.05, 0.1) is 10.0 Å². The molecule has 0 spiro atoms. The summed E-state index contributed by atoms with van der Waals surface area (Å²) in [6.07, 6.45) is 3.61. The molecule has 0 saturated carbocycles. The predicted octanol–water partition coefficient (Wildman–Crippen LogP) is 3.59. The van der Waals surface area contributed by atoms with Crippen LogP contribution in [0.3, 0.4) is 0 Å². The van der Waals surface area contributed by atoms with Crippen molar-refractivity contribution in [3.05, 3.63) is 62.1 Å². The minimum Gasteiger partial charge on any atom is -0.453 e. The van der Waals surface area contributed by atoms with Crippen molar-refractivity contribution in [2.45, 2.75) is 26.7 Å². The first-order valence-electron chi connectivity index (χ1n) is 9.63.